The molecule has 0 aliphatic rings. The van der Waals surface area contributed by atoms with E-state index in [1.807, 2.05) is 25.2 Å². The van der Waals surface area contributed by atoms with Crippen molar-refractivity contribution >= 4 is 33.2 Å². The molecule has 18 heavy (non-hydrogen) atoms. The lowest BCUT2D eigenvalue weighted by molar-refractivity contribution is 0.469. The zero-order chi connectivity index (χ0) is 13.1. The fourth-order valence-corrected chi connectivity index (χ4v) is 2.61. The lowest BCUT2D eigenvalue weighted by Crippen LogP contribution is -1.93. The normalized spacial score (nSPS) is 10.4. The monoisotopic (exact) mass is 325 g/mol. The summed E-state index contributed by atoms with van der Waals surface area (Å²) in [7, 11) is 1.88. The second kappa shape index (κ2) is 5.63. The number of hydrogen-bond acceptors (Lipinski definition) is 2. The van der Waals surface area contributed by atoms with Crippen LogP contribution in [0.3, 0.4) is 0 Å². The molecular formula is C14H13BrClNO. The van der Waals surface area contributed by atoms with Gasteiger partial charge in [-0.25, -0.2) is 0 Å². The molecule has 94 valence electrons. The van der Waals surface area contributed by atoms with Crippen LogP contribution in [0.5, 0.6) is 5.75 Å². The van der Waals surface area contributed by atoms with Gasteiger partial charge in [0.05, 0.1) is 0 Å². The Labute approximate surface area is 120 Å². The van der Waals surface area contributed by atoms with Crippen molar-refractivity contribution in [2.24, 2.45) is 0 Å². The third-order valence-electron chi connectivity index (χ3n) is 2.74. The van der Waals surface area contributed by atoms with Gasteiger partial charge in [0.25, 0.3) is 0 Å². The Kier molecular flexibility index (Phi) is 4.15. The zero-order valence-corrected chi connectivity index (χ0v) is 12.2. The molecule has 0 radical (unpaired) electrons. The molecule has 2 N–H and O–H groups in total. The Morgan fingerprint density at radius 1 is 1.22 bits per heavy atom. The van der Waals surface area contributed by atoms with E-state index in [1.54, 1.807) is 18.2 Å². The fraction of sp³-hybridized carbons (Fsp3) is 0.143. The molecular weight excluding hydrogens is 314 g/mol. The minimum atomic E-state index is 0.271. The third-order valence-corrected chi connectivity index (χ3v) is 3.63. The SMILES string of the molecule is CNc1ccc(Cc2cc(Cl)ccc2O)cc1Br. The molecule has 0 heterocycles. The molecule has 0 unspecified atom stereocenters. The topological polar surface area (TPSA) is 32.3 Å². The summed E-state index contributed by atoms with van der Waals surface area (Å²) in [5, 5.41) is 13.5. The summed E-state index contributed by atoms with van der Waals surface area (Å²) in [6, 6.07) is 11.1. The number of halogens is 2. The smallest absolute Gasteiger partial charge is 0.119 e. The van der Waals surface area contributed by atoms with Crippen molar-refractivity contribution in [3.05, 3.63) is 57.0 Å². The molecule has 0 saturated carbocycles. The standard InChI is InChI=1S/C14H13BrClNO/c1-17-13-4-2-9(7-12(13)15)6-10-8-11(16)3-5-14(10)18/h2-5,7-8,17-18H,6H2,1H3. The van der Waals surface area contributed by atoms with E-state index in [0.29, 0.717) is 11.4 Å². The minimum Gasteiger partial charge on any atom is -0.508 e. The van der Waals surface area contributed by atoms with Gasteiger partial charge in [-0.3, -0.25) is 0 Å². The Bertz CT molecular complexity index is 572. The largest absolute Gasteiger partial charge is 0.508 e. The Hall–Kier alpha value is -1.19. The molecule has 0 saturated heterocycles. The molecule has 2 aromatic rings. The van der Waals surface area contributed by atoms with Crippen molar-refractivity contribution < 1.29 is 5.11 Å². The molecule has 2 nitrogen and oxygen atoms in total. The lowest BCUT2D eigenvalue weighted by Gasteiger charge is -2.08. The highest BCUT2D eigenvalue weighted by Crippen LogP contribution is 2.27. The summed E-state index contributed by atoms with van der Waals surface area (Å²) >= 11 is 9.43. The number of hydrogen-bond donors (Lipinski definition) is 2. The highest BCUT2D eigenvalue weighted by atomic mass is 79.9. The first-order chi connectivity index (χ1) is 8.60. The van der Waals surface area contributed by atoms with E-state index >= 15 is 0 Å². The average Bonchev–Trinajstić information content (AvgIpc) is 2.34. The molecule has 4 heteroatoms. The minimum absolute atomic E-state index is 0.271. The fourth-order valence-electron chi connectivity index (χ4n) is 1.79. The van der Waals surface area contributed by atoms with Crippen LogP contribution in [0.4, 0.5) is 5.69 Å². The van der Waals surface area contributed by atoms with Crippen molar-refractivity contribution in [1.29, 1.82) is 0 Å². The molecule has 2 aromatic carbocycles. The van der Waals surface area contributed by atoms with E-state index in [-0.39, 0.29) is 5.75 Å². The molecule has 0 bridgehead atoms. The second-order valence-corrected chi connectivity index (χ2v) is 5.30. The second-order valence-electron chi connectivity index (χ2n) is 4.01. The summed E-state index contributed by atoms with van der Waals surface area (Å²) in [4.78, 5) is 0. The number of aromatic hydroxyl groups is 1. The van der Waals surface area contributed by atoms with Crippen LogP contribution in [0.25, 0.3) is 0 Å². The first-order valence-electron chi connectivity index (χ1n) is 5.53. The number of phenols is 1. The highest BCUT2D eigenvalue weighted by Gasteiger charge is 2.05. The van der Waals surface area contributed by atoms with Gasteiger partial charge in [0.2, 0.25) is 0 Å². The summed E-state index contributed by atoms with van der Waals surface area (Å²) in [6.45, 7) is 0. The predicted octanol–water partition coefficient (Wildman–Crippen LogP) is 4.44. The van der Waals surface area contributed by atoms with Crippen LogP contribution in [0, 0.1) is 0 Å². The van der Waals surface area contributed by atoms with Gasteiger partial charge in [-0.1, -0.05) is 17.7 Å². The molecule has 0 atom stereocenters. The van der Waals surface area contributed by atoms with E-state index < -0.39 is 0 Å². The number of benzene rings is 2. The number of nitrogens with one attached hydrogen (secondary N) is 1. The Balaban J connectivity index is 2.28. The maximum absolute atomic E-state index is 9.78. The van der Waals surface area contributed by atoms with Gasteiger partial charge in [-0.05, 0) is 57.4 Å². The number of anilines is 1. The van der Waals surface area contributed by atoms with Crippen molar-refractivity contribution in [2.75, 3.05) is 12.4 Å². The van der Waals surface area contributed by atoms with E-state index in [2.05, 4.69) is 21.2 Å². The molecule has 0 aliphatic heterocycles. The molecule has 0 spiro atoms. The van der Waals surface area contributed by atoms with E-state index in [0.717, 1.165) is 21.3 Å². The lowest BCUT2D eigenvalue weighted by atomic mass is 10.0. The van der Waals surface area contributed by atoms with Gasteiger partial charge in [0.15, 0.2) is 0 Å². The van der Waals surface area contributed by atoms with Crippen LogP contribution in [-0.4, -0.2) is 12.2 Å². The highest BCUT2D eigenvalue weighted by molar-refractivity contribution is 9.10. The van der Waals surface area contributed by atoms with Crippen LogP contribution in [0.15, 0.2) is 40.9 Å². The zero-order valence-electron chi connectivity index (χ0n) is 9.87. The van der Waals surface area contributed by atoms with Crippen molar-refractivity contribution in [3.63, 3.8) is 0 Å². The third kappa shape index (κ3) is 2.98. The number of rotatable bonds is 3. The maximum Gasteiger partial charge on any atom is 0.119 e. The predicted molar refractivity (Wildman–Crippen MR) is 79.6 cm³/mol. The molecule has 0 fully saturated rings. The summed E-state index contributed by atoms with van der Waals surface area (Å²) in [6.07, 6.45) is 0.648. The molecule has 0 amide bonds. The Morgan fingerprint density at radius 2 is 2.00 bits per heavy atom. The van der Waals surface area contributed by atoms with Gasteiger partial charge >= 0.3 is 0 Å². The Morgan fingerprint density at radius 3 is 2.67 bits per heavy atom. The van der Waals surface area contributed by atoms with Crippen LogP contribution >= 0.6 is 27.5 Å². The maximum atomic E-state index is 9.78. The first kappa shape index (κ1) is 13.2. The molecule has 0 aliphatic carbocycles. The van der Waals surface area contributed by atoms with Crippen LogP contribution in [0.1, 0.15) is 11.1 Å². The van der Waals surface area contributed by atoms with E-state index in [4.69, 9.17) is 11.6 Å². The van der Waals surface area contributed by atoms with Gasteiger partial charge in [-0.2, -0.15) is 0 Å². The van der Waals surface area contributed by atoms with Crippen molar-refractivity contribution in [1.82, 2.24) is 0 Å². The first-order valence-corrected chi connectivity index (χ1v) is 6.71. The van der Waals surface area contributed by atoms with E-state index in [9.17, 15) is 5.11 Å². The van der Waals surface area contributed by atoms with Crippen molar-refractivity contribution in [3.8, 4) is 5.75 Å². The van der Waals surface area contributed by atoms with Crippen LogP contribution in [0.2, 0.25) is 5.02 Å². The van der Waals surface area contributed by atoms with Crippen LogP contribution < -0.4 is 5.32 Å². The summed E-state index contributed by atoms with van der Waals surface area (Å²) in [5.41, 5.74) is 2.97. The van der Waals surface area contributed by atoms with Gasteiger partial charge in [-0.15, -0.1) is 0 Å². The van der Waals surface area contributed by atoms with Gasteiger partial charge < -0.3 is 10.4 Å². The summed E-state index contributed by atoms with van der Waals surface area (Å²) < 4.78 is 1.00. The molecule has 0 aromatic heterocycles. The summed E-state index contributed by atoms with van der Waals surface area (Å²) in [5.74, 6) is 0.271. The average molecular weight is 327 g/mol. The number of phenolic OH excluding ortho intramolecular Hbond substituents is 1. The van der Waals surface area contributed by atoms with Crippen molar-refractivity contribution in [2.45, 2.75) is 6.42 Å². The van der Waals surface area contributed by atoms with Crippen LogP contribution in [-0.2, 0) is 6.42 Å². The quantitative estimate of drug-likeness (QED) is 0.874. The van der Waals surface area contributed by atoms with Gasteiger partial charge in [0, 0.05) is 28.7 Å². The van der Waals surface area contributed by atoms with Gasteiger partial charge in [0.1, 0.15) is 5.75 Å². The van der Waals surface area contributed by atoms with E-state index in [1.165, 1.54) is 0 Å². The molecule has 2 rings (SSSR count).